The van der Waals surface area contributed by atoms with Gasteiger partial charge in [0, 0.05) is 23.6 Å². The number of carbonyl (C=O) groups excluding carboxylic acids is 1. The lowest BCUT2D eigenvalue weighted by Gasteiger charge is -2.10. The molecule has 4 N–H and O–H groups in total. The number of hydrogen-bond acceptors (Lipinski definition) is 4. The predicted octanol–water partition coefficient (Wildman–Crippen LogP) is 3.09. The van der Waals surface area contributed by atoms with Crippen LogP contribution in [0.1, 0.15) is 6.92 Å². The van der Waals surface area contributed by atoms with Crippen LogP contribution >= 0.6 is 0 Å². The second-order valence-corrected chi connectivity index (χ2v) is 5.11. The van der Waals surface area contributed by atoms with Gasteiger partial charge in [-0.1, -0.05) is 12.1 Å². The molecule has 3 rings (SSSR count). The van der Waals surface area contributed by atoms with Crippen LogP contribution in [0.2, 0.25) is 0 Å². The number of halogens is 1. The fourth-order valence-electron chi connectivity index (χ4n) is 2.30. The van der Waals surface area contributed by atoms with Gasteiger partial charge in [-0.2, -0.15) is 0 Å². The molecule has 1 amide bonds. The molecule has 5 nitrogen and oxygen atoms in total. The summed E-state index contributed by atoms with van der Waals surface area (Å²) in [6, 6.07) is 13.4. The highest BCUT2D eigenvalue weighted by Crippen LogP contribution is 2.29. The first kappa shape index (κ1) is 14.8. The highest BCUT2D eigenvalue weighted by Gasteiger charge is 2.10. The van der Waals surface area contributed by atoms with E-state index in [0.29, 0.717) is 28.1 Å². The normalized spacial score (nSPS) is 10.5. The highest BCUT2D eigenvalue weighted by molar-refractivity contribution is 5.95. The molecular weight excluding hydrogens is 295 g/mol. The minimum Gasteiger partial charge on any atom is -0.398 e. The van der Waals surface area contributed by atoms with E-state index in [9.17, 15) is 9.18 Å². The van der Waals surface area contributed by atoms with Crippen LogP contribution in [0.3, 0.4) is 0 Å². The molecule has 0 atom stereocenters. The van der Waals surface area contributed by atoms with E-state index in [0.717, 1.165) is 5.39 Å². The van der Waals surface area contributed by atoms with Crippen molar-refractivity contribution in [1.29, 1.82) is 0 Å². The molecule has 116 valence electrons. The summed E-state index contributed by atoms with van der Waals surface area (Å²) >= 11 is 0. The Labute approximate surface area is 132 Å². The number of hydrogen-bond donors (Lipinski definition) is 3. The van der Waals surface area contributed by atoms with Gasteiger partial charge < -0.3 is 5.73 Å². The number of carbonyl (C=O) groups is 1. The summed E-state index contributed by atoms with van der Waals surface area (Å²) in [6.07, 6.45) is 0. The molecule has 3 aromatic rings. The van der Waals surface area contributed by atoms with Crippen molar-refractivity contribution in [2.75, 3.05) is 11.2 Å². The molecule has 0 radical (unpaired) electrons. The van der Waals surface area contributed by atoms with Gasteiger partial charge in [-0.25, -0.2) is 9.37 Å². The fraction of sp³-hybridized carbons (Fsp3) is 0.0588. The highest BCUT2D eigenvalue weighted by atomic mass is 19.1. The lowest BCUT2D eigenvalue weighted by Crippen LogP contribution is -2.26. The van der Waals surface area contributed by atoms with Crippen LogP contribution in [-0.2, 0) is 4.79 Å². The first-order valence-corrected chi connectivity index (χ1v) is 7.02. The van der Waals surface area contributed by atoms with E-state index in [-0.39, 0.29) is 11.7 Å². The molecule has 0 unspecified atom stereocenters. The Bertz CT molecular complexity index is 895. The van der Waals surface area contributed by atoms with Gasteiger partial charge in [0.15, 0.2) is 0 Å². The largest absolute Gasteiger partial charge is 0.398 e. The van der Waals surface area contributed by atoms with Gasteiger partial charge in [0.25, 0.3) is 0 Å². The zero-order valence-corrected chi connectivity index (χ0v) is 12.4. The smallest absolute Gasteiger partial charge is 0.235 e. The number of pyridine rings is 1. The van der Waals surface area contributed by atoms with E-state index >= 15 is 0 Å². The van der Waals surface area contributed by atoms with Crippen LogP contribution in [0.5, 0.6) is 0 Å². The Morgan fingerprint density at radius 3 is 2.70 bits per heavy atom. The number of anilines is 2. The molecule has 1 aromatic heterocycles. The van der Waals surface area contributed by atoms with Crippen molar-refractivity contribution < 1.29 is 9.18 Å². The van der Waals surface area contributed by atoms with Crippen molar-refractivity contribution >= 4 is 28.2 Å². The van der Waals surface area contributed by atoms with E-state index in [1.807, 2.05) is 0 Å². The van der Waals surface area contributed by atoms with E-state index in [1.54, 1.807) is 42.5 Å². The monoisotopic (exact) mass is 310 g/mol. The molecule has 0 spiro atoms. The summed E-state index contributed by atoms with van der Waals surface area (Å²) in [5, 5.41) is 0.723. The minimum absolute atomic E-state index is 0.203. The summed E-state index contributed by atoms with van der Waals surface area (Å²) in [4.78, 5) is 15.4. The minimum atomic E-state index is -0.345. The number of hydrazine groups is 1. The number of nitrogens with two attached hydrogens (primary N) is 1. The summed E-state index contributed by atoms with van der Waals surface area (Å²) in [7, 11) is 0. The van der Waals surface area contributed by atoms with Crippen LogP contribution in [0.15, 0.2) is 48.5 Å². The SMILES string of the molecule is CC(=O)NNc1ccc2nc(-c3ccccc3F)cc(N)c2c1. The molecule has 0 saturated heterocycles. The number of fused-ring (bicyclic) bond motifs is 1. The molecule has 0 aliphatic carbocycles. The maximum absolute atomic E-state index is 13.9. The van der Waals surface area contributed by atoms with Gasteiger partial charge in [-0.3, -0.25) is 15.6 Å². The van der Waals surface area contributed by atoms with Gasteiger partial charge in [-0.05, 0) is 36.4 Å². The molecule has 0 fully saturated rings. The van der Waals surface area contributed by atoms with Crippen LogP contribution in [0.4, 0.5) is 15.8 Å². The quantitative estimate of drug-likeness (QED) is 0.649. The first-order chi connectivity index (χ1) is 11.0. The van der Waals surface area contributed by atoms with Gasteiger partial charge in [0.05, 0.1) is 16.9 Å². The zero-order valence-electron chi connectivity index (χ0n) is 12.4. The van der Waals surface area contributed by atoms with Crippen molar-refractivity contribution in [3.8, 4) is 11.3 Å². The van der Waals surface area contributed by atoms with E-state index in [2.05, 4.69) is 15.8 Å². The molecule has 23 heavy (non-hydrogen) atoms. The Morgan fingerprint density at radius 2 is 1.96 bits per heavy atom. The third kappa shape index (κ3) is 3.06. The number of nitrogens with zero attached hydrogens (tertiary/aromatic N) is 1. The Kier molecular flexibility index (Phi) is 3.80. The second-order valence-electron chi connectivity index (χ2n) is 5.11. The molecule has 0 bridgehead atoms. The number of nitrogens with one attached hydrogen (secondary N) is 2. The summed E-state index contributed by atoms with van der Waals surface area (Å²) < 4.78 is 13.9. The molecule has 0 aliphatic rings. The molecule has 6 heteroatoms. The van der Waals surface area contributed by atoms with Crippen molar-refractivity contribution in [1.82, 2.24) is 10.4 Å². The van der Waals surface area contributed by atoms with Crippen LogP contribution in [0, 0.1) is 5.82 Å². The Hall–Kier alpha value is -3.15. The third-order valence-electron chi connectivity index (χ3n) is 3.37. The van der Waals surface area contributed by atoms with E-state index in [4.69, 9.17) is 5.73 Å². The maximum atomic E-state index is 13.9. The average molecular weight is 310 g/mol. The lowest BCUT2D eigenvalue weighted by atomic mass is 10.1. The number of amides is 1. The standard InChI is InChI=1S/C17H15FN4O/c1-10(23)21-22-11-6-7-16-13(8-11)15(19)9-17(20-16)12-4-2-3-5-14(12)18/h2-9,22H,1H3,(H2,19,20)(H,21,23). The number of aromatic nitrogens is 1. The first-order valence-electron chi connectivity index (χ1n) is 7.02. The number of benzene rings is 2. The molecule has 1 heterocycles. The molecule has 2 aromatic carbocycles. The van der Waals surface area contributed by atoms with Crippen LogP contribution in [-0.4, -0.2) is 10.9 Å². The zero-order chi connectivity index (χ0) is 16.4. The van der Waals surface area contributed by atoms with Crippen molar-refractivity contribution in [2.24, 2.45) is 0 Å². The summed E-state index contributed by atoms with van der Waals surface area (Å²) in [5.41, 5.74) is 14.1. The van der Waals surface area contributed by atoms with E-state index < -0.39 is 0 Å². The van der Waals surface area contributed by atoms with Crippen LogP contribution < -0.4 is 16.6 Å². The topological polar surface area (TPSA) is 80.0 Å². The summed E-state index contributed by atoms with van der Waals surface area (Å²) in [5.74, 6) is -0.547. The van der Waals surface area contributed by atoms with E-state index in [1.165, 1.54) is 13.0 Å². The molecule has 0 saturated carbocycles. The van der Waals surface area contributed by atoms with Gasteiger partial charge >= 0.3 is 0 Å². The predicted molar refractivity (Wildman–Crippen MR) is 89.0 cm³/mol. The Balaban J connectivity index is 2.04. The van der Waals surface area contributed by atoms with Gasteiger partial charge in [0.1, 0.15) is 5.82 Å². The number of rotatable bonds is 3. The second kappa shape index (κ2) is 5.92. The lowest BCUT2D eigenvalue weighted by molar-refractivity contribution is -0.118. The van der Waals surface area contributed by atoms with Gasteiger partial charge in [0.2, 0.25) is 5.91 Å². The van der Waals surface area contributed by atoms with Gasteiger partial charge in [-0.15, -0.1) is 0 Å². The molecule has 0 aliphatic heterocycles. The maximum Gasteiger partial charge on any atom is 0.235 e. The van der Waals surface area contributed by atoms with Crippen molar-refractivity contribution in [2.45, 2.75) is 6.92 Å². The van der Waals surface area contributed by atoms with Crippen molar-refractivity contribution in [3.63, 3.8) is 0 Å². The van der Waals surface area contributed by atoms with Crippen LogP contribution in [0.25, 0.3) is 22.2 Å². The van der Waals surface area contributed by atoms with Crippen molar-refractivity contribution in [3.05, 3.63) is 54.3 Å². The third-order valence-corrected chi connectivity index (χ3v) is 3.37. The Morgan fingerprint density at radius 1 is 1.17 bits per heavy atom. The summed E-state index contributed by atoms with van der Waals surface area (Å²) in [6.45, 7) is 1.41. The number of nitrogen functional groups attached to an aromatic ring is 1. The average Bonchev–Trinajstić information content (AvgIpc) is 2.53. The molecular formula is C17H15FN4O. The fourth-order valence-corrected chi connectivity index (χ4v) is 2.30.